The van der Waals surface area contributed by atoms with Crippen LogP contribution in [0.4, 0.5) is 5.69 Å². The number of carbonyl (C=O) groups excluding carboxylic acids is 1. The number of nitrogens with zero attached hydrogens (tertiary/aromatic N) is 3. The van der Waals surface area contributed by atoms with Gasteiger partial charge in [0.2, 0.25) is 11.1 Å². The normalized spacial score (nSPS) is 10.6. The summed E-state index contributed by atoms with van der Waals surface area (Å²) in [5.74, 6) is 7.05. The third-order valence-electron chi connectivity index (χ3n) is 3.57. The molecule has 3 rings (SSSR count). The van der Waals surface area contributed by atoms with Crippen molar-refractivity contribution in [3.05, 3.63) is 53.6 Å². The van der Waals surface area contributed by atoms with Gasteiger partial charge in [-0.1, -0.05) is 47.6 Å². The fraction of sp³-hybridized carbons (Fsp3) is 0.167. The Balaban J connectivity index is 1.66. The number of thioether (sulfide) groups is 1. The van der Waals surface area contributed by atoms with Crippen LogP contribution in [0.25, 0.3) is 11.4 Å². The maximum atomic E-state index is 12.3. The van der Waals surface area contributed by atoms with Crippen molar-refractivity contribution in [2.75, 3.05) is 23.5 Å². The van der Waals surface area contributed by atoms with Crippen LogP contribution in [0.2, 0.25) is 5.02 Å². The van der Waals surface area contributed by atoms with Gasteiger partial charge < -0.3 is 15.9 Å². The smallest absolute Gasteiger partial charge is 0.234 e. The molecule has 0 unspecified atom stereocenters. The maximum Gasteiger partial charge on any atom is 0.234 e. The summed E-state index contributed by atoms with van der Waals surface area (Å²) < 4.78 is 6.83. The number of nitrogens with two attached hydrogens (primary N) is 1. The van der Waals surface area contributed by atoms with Crippen molar-refractivity contribution in [3.63, 3.8) is 0 Å². The molecule has 0 aliphatic heterocycles. The van der Waals surface area contributed by atoms with Crippen molar-refractivity contribution < 1.29 is 9.53 Å². The standard InChI is InChI=1S/C18H18ClN5O2S/c1-2-26-15-10-6-5-9-14(15)21-16(25)11-27-18-23-22-17(24(18)20)12-7-3-4-8-13(12)19/h3-10H,2,11,20H2,1H3,(H,21,25). The molecule has 1 aromatic heterocycles. The summed E-state index contributed by atoms with van der Waals surface area (Å²) in [6.07, 6.45) is 0. The Bertz CT molecular complexity index is 947. The second-order valence-electron chi connectivity index (χ2n) is 5.42. The monoisotopic (exact) mass is 403 g/mol. The highest BCUT2D eigenvalue weighted by Gasteiger charge is 2.16. The first-order valence-electron chi connectivity index (χ1n) is 8.20. The van der Waals surface area contributed by atoms with E-state index in [1.807, 2.05) is 37.3 Å². The number of para-hydroxylation sites is 2. The fourth-order valence-corrected chi connectivity index (χ4v) is 3.25. The van der Waals surface area contributed by atoms with Crippen LogP contribution in [0.3, 0.4) is 0 Å². The lowest BCUT2D eigenvalue weighted by Gasteiger charge is -2.11. The number of aromatic nitrogens is 3. The molecule has 0 fully saturated rings. The molecule has 3 N–H and O–H groups in total. The minimum absolute atomic E-state index is 0.123. The first-order chi connectivity index (χ1) is 13.1. The van der Waals surface area contributed by atoms with Gasteiger partial charge in [-0.05, 0) is 31.2 Å². The molecule has 7 nitrogen and oxygen atoms in total. The number of anilines is 1. The molecule has 140 valence electrons. The van der Waals surface area contributed by atoms with E-state index in [0.29, 0.717) is 39.6 Å². The first kappa shape index (κ1) is 19.1. The van der Waals surface area contributed by atoms with Gasteiger partial charge in [-0.25, -0.2) is 4.68 Å². The molecule has 0 atom stereocenters. The minimum Gasteiger partial charge on any atom is -0.492 e. The number of rotatable bonds is 7. The molecule has 0 bridgehead atoms. The van der Waals surface area contributed by atoms with E-state index in [0.717, 1.165) is 0 Å². The second kappa shape index (κ2) is 8.79. The van der Waals surface area contributed by atoms with E-state index in [4.69, 9.17) is 22.2 Å². The van der Waals surface area contributed by atoms with Crippen LogP contribution in [0.5, 0.6) is 5.75 Å². The number of nitrogen functional groups attached to an aromatic ring is 1. The van der Waals surface area contributed by atoms with E-state index in [-0.39, 0.29) is 11.7 Å². The molecule has 1 heterocycles. The third-order valence-corrected chi connectivity index (χ3v) is 4.85. The first-order valence-corrected chi connectivity index (χ1v) is 9.56. The van der Waals surface area contributed by atoms with E-state index in [2.05, 4.69) is 15.5 Å². The highest BCUT2D eigenvalue weighted by atomic mass is 35.5. The molecule has 9 heteroatoms. The van der Waals surface area contributed by atoms with Gasteiger partial charge in [-0.3, -0.25) is 4.79 Å². The SMILES string of the molecule is CCOc1ccccc1NC(=O)CSc1nnc(-c2ccccc2Cl)n1N. The van der Waals surface area contributed by atoms with E-state index in [1.54, 1.807) is 18.2 Å². The average molecular weight is 404 g/mol. The fourth-order valence-electron chi connectivity index (χ4n) is 2.37. The van der Waals surface area contributed by atoms with Gasteiger partial charge in [0.1, 0.15) is 5.75 Å². The van der Waals surface area contributed by atoms with E-state index < -0.39 is 0 Å². The summed E-state index contributed by atoms with van der Waals surface area (Å²) in [5, 5.41) is 11.9. The number of carbonyl (C=O) groups is 1. The molecule has 1 amide bonds. The Morgan fingerprint density at radius 2 is 1.96 bits per heavy atom. The van der Waals surface area contributed by atoms with Gasteiger partial charge in [0.05, 0.1) is 23.1 Å². The average Bonchev–Trinajstić information content (AvgIpc) is 3.03. The van der Waals surface area contributed by atoms with Crippen molar-refractivity contribution >= 4 is 35.0 Å². The van der Waals surface area contributed by atoms with E-state index >= 15 is 0 Å². The maximum absolute atomic E-state index is 12.3. The molecule has 0 saturated carbocycles. The van der Waals surface area contributed by atoms with E-state index in [9.17, 15) is 4.79 Å². The van der Waals surface area contributed by atoms with Crippen LogP contribution in [-0.4, -0.2) is 33.1 Å². The molecule has 0 aliphatic carbocycles. The number of benzene rings is 2. The number of hydrogen-bond donors (Lipinski definition) is 2. The molecule has 27 heavy (non-hydrogen) atoms. The molecule has 0 spiro atoms. The van der Waals surface area contributed by atoms with Crippen LogP contribution in [-0.2, 0) is 4.79 Å². The highest BCUT2D eigenvalue weighted by Crippen LogP contribution is 2.28. The van der Waals surface area contributed by atoms with Crippen molar-refractivity contribution in [2.24, 2.45) is 0 Å². The minimum atomic E-state index is -0.200. The lowest BCUT2D eigenvalue weighted by Crippen LogP contribution is -2.17. The summed E-state index contributed by atoms with van der Waals surface area (Å²) in [6.45, 7) is 2.40. The molecular formula is C18H18ClN5O2S. The zero-order valence-corrected chi connectivity index (χ0v) is 16.1. The largest absolute Gasteiger partial charge is 0.492 e. The van der Waals surface area contributed by atoms with Crippen molar-refractivity contribution in [1.29, 1.82) is 0 Å². The zero-order valence-electron chi connectivity index (χ0n) is 14.6. The number of nitrogens with one attached hydrogen (secondary N) is 1. The Morgan fingerprint density at radius 3 is 2.74 bits per heavy atom. The summed E-state index contributed by atoms with van der Waals surface area (Å²) in [6, 6.07) is 14.5. The predicted octanol–water partition coefficient (Wildman–Crippen LogP) is 3.44. The lowest BCUT2D eigenvalue weighted by atomic mass is 10.2. The zero-order chi connectivity index (χ0) is 19.2. The topological polar surface area (TPSA) is 95.1 Å². The third kappa shape index (κ3) is 4.53. The van der Waals surface area contributed by atoms with Crippen LogP contribution in [0.15, 0.2) is 53.7 Å². The molecule has 0 saturated heterocycles. The quantitative estimate of drug-likeness (QED) is 0.463. The van der Waals surface area contributed by atoms with Gasteiger partial charge in [0, 0.05) is 5.56 Å². The summed E-state index contributed by atoms with van der Waals surface area (Å²) in [5.41, 5.74) is 1.30. The van der Waals surface area contributed by atoms with Gasteiger partial charge in [0.15, 0.2) is 5.82 Å². The van der Waals surface area contributed by atoms with Gasteiger partial charge >= 0.3 is 0 Å². The number of halogens is 1. The van der Waals surface area contributed by atoms with Gasteiger partial charge in [-0.2, -0.15) is 0 Å². The van der Waals surface area contributed by atoms with Crippen molar-refractivity contribution in [3.8, 4) is 17.1 Å². The molecule has 0 aliphatic rings. The van der Waals surface area contributed by atoms with Crippen LogP contribution in [0, 0.1) is 0 Å². The molecule has 3 aromatic rings. The highest BCUT2D eigenvalue weighted by molar-refractivity contribution is 7.99. The number of amides is 1. The van der Waals surface area contributed by atoms with Gasteiger partial charge in [0.25, 0.3) is 0 Å². The predicted molar refractivity (Wildman–Crippen MR) is 108 cm³/mol. The Kier molecular flexibility index (Phi) is 6.20. The molecule has 2 aromatic carbocycles. The second-order valence-corrected chi connectivity index (χ2v) is 6.77. The Hall–Kier alpha value is -2.71. The van der Waals surface area contributed by atoms with Crippen LogP contribution < -0.4 is 15.9 Å². The van der Waals surface area contributed by atoms with Crippen LogP contribution in [0.1, 0.15) is 6.92 Å². The summed E-state index contributed by atoms with van der Waals surface area (Å²) >= 11 is 7.36. The Labute approximate surface area is 165 Å². The summed E-state index contributed by atoms with van der Waals surface area (Å²) in [4.78, 5) is 12.3. The molecule has 0 radical (unpaired) electrons. The Morgan fingerprint density at radius 1 is 1.22 bits per heavy atom. The van der Waals surface area contributed by atoms with Gasteiger partial charge in [-0.15, -0.1) is 10.2 Å². The van der Waals surface area contributed by atoms with Crippen molar-refractivity contribution in [1.82, 2.24) is 14.9 Å². The van der Waals surface area contributed by atoms with Crippen molar-refractivity contribution in [2.45, 2.75) is 12.1 Å². The van der Waals surface area contributed by atoms with E-state index in [1.165, 1.54) is 16.4 Å². The summed E-state index contributed by atoms with van der Waals surface area (Å²) in [7, 11) is 0. The number of hydrogen-bond acceptors (Lipinski definition) is 6. The lowest BCUT2D eigenvalue weighted by molar-refractivity contribution is -0.113. The molecular weight excluding hydrogens is 386 g/mol. The number of ether oxygens (including phenoxy) is 1. The van der Waals surface area contributed by atoms with Crippen LogP contribution >= 0.6 is 23.4 Å².